The molecule has 1 aliphatic carbocycles. The molecule has 0 aromatic heterocycles. The fraction of sp³-hybridized carbons (Fsp3) is 0.625. The lowest BCUT2D eigenvalue weighted by atomic mass is 9.69. The van der Waals surface area contributed by atoms with Gasteiger partial charge in [-0.1, -0.05) is 64.8 Å². The largest absolute Gasteiger partial charge is 0.0651 e. The molecule has 0 unspecified atom stereocenters. The first-order chi connectivity index (χ1) is 7.31. The molecular weight excluding hydrogens is 192 g/mol. The van der Waals surface area contributed by atoms with Crippen LogP contribution in [0, 0.1) is 12.8 Å². The Morgan fingerprint density at radius 3 is 2.12 bits per heavy atom. The van der Waals surface area contributed by atoms with Crippen LogP contribution in [0.1, 0.15) is 57.7 Å². The summed E-state index contributed by atoms with van der Waals surface area (Å²) in [6.07, 6.45) is 1.26. The summed E-state index contributed by atoms with van der Waals surface area (Å²) in [6, 6.07) is 7.00. The summed E-state index contributed by atoms with van der Waals surface area (Å²) in [7, 11) is 0. The van der Waals surface area contributed by atoms with Gasteiger partial charge in [-0.15, -0.1) is 0 Å². The molecule has 0 aliphatic heterocycles. The van der Waals surface area contributed by atoms with Crippen LogP contribution in [0.15, 0.2) is 18.2 Å². The van der Waals surface area contributed by atoms with Gasteiger partial charge in [-0.25, -0.2) is 0 Å². The molecule has 0 heteroatoms. The smallest absolute Gasteiger partial charge is 0.00641 e. The molecule has 0 saturated carbocycles. The highest BCUT2D eigenvalue weighted by Gasteiger charge is 2.49. The molecule has 16 heavy (non-hydrogen) atoms. The van der Waals surface area contributed by atoms with Crippen LogP contribution in [0.5, 0.6) is 0 Å². The van der Waals surface area contributed by atoms with Crippen molar-refractivity contribution in [1.29, 1.82) is 0 Å². The summed E-state index contributed by atoms with van der Waals surface area (Å²) in [5.41, 5.74) is 5.17. The van der Waals surface area contributed by atoms with Gasteiger partial charge in [0.05, 0.1) is 0 Å². The second kappa shape index (κ2) is 3.35. The quantitative estimate of drug-likeness (QED) is 0.644. The average molecular weight is 216 g/mol. The molecule has 2 rings (SSSR count). The van der Waals surface area contributed by atoms with Crippen LogP contribution >= 0.6 is 0 Å². The van der Waals surface area contributed by atoms with E-state index in [1.54, 1.807) is 11.1 Å². The number of aryl methyl sites for hydroxylation is 1. The summed E-state index contributed by atoms with van der Waals surface area (Å²) >= 11 is 0. The summed E-state index contributed by atoms with van der Waals surface area (Å²) in [5, 5.41) is 0. The highest BCUT2D eigenvalue weighted by molar-refractivity contribution is 5.47. The molecule has 1 aromatic rings. The fourth-order valence-corrected chi connectivity index (χ4v) is 4.05. The van der Waals surface area contributed by atoms with Gasteiger partial charge in [0, 0.05) is 0 Å². The van der Waals surface area contributed by atoms with E-state index in [0.29, 0.717) is 10.8 Å². The third-order valence-corrected chi connectivity index (χ3v) is 4.71. The minimum Gasteiger partial charge on any atom is -0.0651 e. The van der Waals surface area contributed by atoms with E-state index in [1.165, 1.54) is 12.0 Å². The molecule has 1 atom stereocenters. The standard InChI is InChI=1S/C16H24/c1-7-14-15(3,4)12-9-8-11(2)10-13(12)16(14,5)6/h8-10,14H,7H2,1-6H3/t14-/m1/s1. The highest BCUT2D eigenvalue weighted by atomic mass is 14.5. The Kier molecular flexibility index (Phi) is 2.45. The maximum Gasteiger partial charge on any atom is -0.00641 e. The molecule has 0 nitrogen and oxygen atoms in total. The Balaban J connectivity index is 2.68. The fourth-order valence-electron chi connectivity index (χ4n) is 4.05. The first kappa shape index (κ1) is 11.7. The Hall–Kier alpha value is -0.780. The summed E-state index contributed by atoms with van der Waals surface area (Å²) in [4.78, 5) is 0. The van der Waals surface area contributed by atoms with Gasteiger partial charge in [0.15, 0.2) is 0 Å². The van der Waals surface area contributed by atoms with E-state index in [4.69, 9.17) is 0 Å². The van der Waals surface area contributed by atoms with E-state index in [2.05, 4.69) is 59.7 Å². The molecule has 1 aliphatic rings. The van der Waals surface area contributed by atoms with Crippen molar-refractivity contribution in [2.75, 3.05) is 0 Å². The van der Waals surface area contributed by atoms with Crippen molar-refractivity contribution in [3.63, 3.8) is 0 Å². The Labute approximate surface area is 100 Å². The molecule has 0 amide bonds. The second-order valence-electron chi connectivity index (χ2n) is 6.45. The monoisotopic (exact) mass is 216 g/mol. The van der Waals surface area contributed by atoms with Gasteiger partial charge in [0.25, 0.3) is 0 Å². The third-order valence-electron chi connectivity index (χ3n) is 4.71. The summed E-state index contributed by atoms with van der Waals surface area (Å²) in [5.74, 6) is 0.747. The molecule has 0 bridgehead atoms. The van der Waals surface area contributed by atoms with Crippen LogP contribution in [0.25, 0.3) is 0 Å². The molecule has 0 N–H and O–H groups in total. The van der Waals surface area contributed by atoms with Crippen molar-refractivity contribution in [2.24, 2.45) is 5.92 Å². The molecule has 88 valence electrons. The first-order valence-electron chi connectivity index (χ1n) is 6.43. The zero-order valence-corrected chi connectivity index (χ0v) is 11.5. The molecule has 0 fully saturated rings. The molecule has 0 spiro atoms. The zero-order valence-electron chi connectivity index (χ0n) is 11.5. The van der Waals surface area contributed by atoms with Crippen molar-refractivity contribution < 1.29 is 0 Å². The molecule has 0 radical (unpaired) electrons. The van der Waals surface area contributed by atoms with Gasteiger partial charge in [-0.05, 0) is 34.8 Å². The minimum atomic E-state index is 0.319. The Morgan fingerprint density at radius 2 is 1.56 bits per heavy atom. The maximum absolute atomic E-state index is 2.41. The van der Waals surface area contributed by atoms with Gasteiger partial charge in [0.1, 0.15) is 0 Å². The average Bonchev–Trinajstić information content (AvgIpc) is 2.30. The van der Waals surface area contributed by atoms with E-state index in [-0.39, 0.29) is 0 Å². The topological polar surface area (TPSA) is 0 Å². The number of benzene rings is 1. The van der Waals surface area contributed by atoms with Crippen molar-refractivity contribution >= 4 is 0 Å². The van der Waals surface area contributed by atoms with Crippen molar-refractivity contribution in [1.82, 2.24) is 0 Å². The van der Waals surface area contributed by atoms with Crippen LogP contribution in [0.2, 0.25) is 0 Å². The van der Waals surface area contributed by atoms with Gasteiger partial charge < -0.3 is 0 Å². The lowest BCUT2D eigenvalue weighted by Gasteiger charge is -2.35. The van der Waals surface area contributed by atoms with Crippen LogP contribution in [-0.4, -0.2) is 0 Å². The third kappa shape index (κ3) is 1.35. The lowest BCUT2D eigenvalue weighted by Crippen LogP contribution is -2.33. The number of hydrogen-bond donors (Lipinski definition) is 0. The van der Waals surface area contributed by atoms with E-state index < -0.39 is 0 Å². The second-order valence-corrected chi connectivity index (χ2v) is 6.45. The molecule has 0 saturated heterocycles. The number of fused-ring (bicyclic) bond motifs is 1. The summed E-state index contributed by atoms with van der Waals surface area (Å²) < 4.78 is 0. The van der Waals surface area contributed by atoms with Gasteiger partial charge in [-0.3, -0.25) is 0 Å². The Bertz CT molecular complexity index is 410. The van der Waals surface area contributed by atoms with Crippen LogP contribution in [-0.2, 0) is 10.8 Å². The van der Waals surface area contributed by atoms with Gasteiger partial charge in [-0.2, -0.15) is 0 Å². The number of hydrogen-bond acceptors (Lipinski definition) is 0. The molecule has 1 aromatic carbocycles. The summed E-state index contributed by atoms with van der Waals surface area (Å²) in [6.45, 7) is 14.2. The van der Waals surface area contributed by atoms with Crippen molar-refractivity contribution in [2.45, 2.75) is 58.8 Å². The minimum absolute atomic E-state index is 0.319. The van der Waals surface area contributed by atoms with Crippen molar-refractivity contribution in [3.8, 4) is 0 Å². The normalized spacial score (nSPS) is 25.5. The van der Waals surface area contributed by atoms with E-state index in [9.17, 15) is 0 Å². The molecule has 0 heterocycles. The SMILES string of the molecule is CC[C@@H]1C(C)(C)c2ccc(C)cc2C1(C)C. The van der Waals surface area contributed by atoms with Crippen molar-refractivity contribution in [3.05, 3.63) is 34.9 Å². The maximum atomic E-state index is 2.41. The van der Waals surface area contributed by atoms with E-state index in [0.717, 1.165) is 5.92 Å². The predicted octanol–water partition coefficient (Wildman–Crippen LogP) is 4.59. The van der Waals surface area contributed by atoms with Crippen LogP contribution in [0.3, 0.4) is 0 Å². The van der Waals surface area contributed by atoms with Crippen LogP contribution < -0.4 is 0 Å². The Morgan fingerprint density at radius 1 is 1.00 bits per heavy atom. The lowest BCUT2D eigenvalue weighted by molar-refractivity contribution is 0.232. The van der Waals surface area contributed by atoms with Gasteiger partial charge in [0.2, 0.25) is 0 Å². The van der Waals surface area contributed by atoms with E-state index in [1.807, 2.05) is 0 Å². The zero-order chi connectivity index (χ0) is 12.1. The first-order valence-corrected chi connectivity index (χ1v) is 6.43. The highest BCUT2D eigenvalue weighted by Crippen LogP contribution is 2.55. The number of rotatable bonds is 1. The van der Waals surface area contributed by atoms with E-state index >= 15 is 0 Å². The van der Waals surface area contributed by atoms with Crippen LogP contribution in [0.4, 0.5) is 0 Å². The molecular formula is C16H24. The predicted molar refractivity (Wildman–Crippen MR) is 71.0 cm³/mol. The van der Waals surface area contributed by atoms with Gasteiger partial charge >= 0.3 is 0 Å².